The first kappa shape index (κ1) is 34.8. The first-order chi connectivity index (χ1) is 25.0. The zero-order valence-corrected chi connectivity index (χ0v) is 31.1. The highest BCUT2D eigenvalue weighted by atomic mass is 15.0. The third-order valence-corrected chi connectivity index (χ3v) is 9.72. The van der Waals surface area contributed by atoms with Gasteiger partial charge in [0.25, 0.3) is 0 Å². The molecule has 0 saturated heterocycles. The molecule has 52 heavy (non-hydrogen) atoms. The van der Waals surface area contributed by atoms with Crippen molar-refractivity contribution in [1.82, 2.24) is 15.0 Å². The molecule has 0 amide bonds. The molecule has 0 N–H and O–H groups in total. The fraction of sp³-hybridized carbons (Fsp3) is 0.204. The fourth-order valence-corrected chi connectivity index (χ4v) is 6.98. The van der Waals surface area contributed by atoms with Crippen molar-refractivity contribution in [3.8, 4) is 67.5 Å². The summed E-state index contributed by atoms with van der Waals surface area (Å²) in [5.74, 6) is 2.40. The number of rotatable bonds is 8. The molecule has 7 rings (SSSR count). The van der Waals surface area contributed by atoms with Crippen molar-refractivity contribution in [1.29, 1.82) is 0 Å². The van der Waals surface area contributed by atoms with E-state index in [4.69, 9.17) is 15.0 Å². The topological polar surface area (TPSA) is 38.7 Å². The maximum atomic E-state index is 5.13. The second kappa shape index (κ2) is 14.5. The molecule has 0 fully saturated rings. The van der Waals surface area contributed by atoms with Crippen molar-refractivity contribution < 1.29 is 0 Å². The molecule has 0 spiro atoms. The Labute approximate surface area is 309 Å². The summed E-state index contributed by atoms with van der Waals surface area (Å²) in [6.07, 6.45) is 1.14. The Morgan fingerprint density at radius 2 is 0.692 bits per heavy atom. The molecule has 3 heteroatoms. The van der Waals surface area contributed by atoms with E-state index in [9.17, 15) is 0 Å². The fourth-order valence-electron chi connectivity index (χ4n) is 6.98. The second-order valence-corrected chi connectivity index (χ2v) is 16.1. The zero-order valence-electron chi connectivity index (χ0n) is 31.1. The van der Waals surface area contributed by atoms with Gasteiger partial charge in [-0.25, -0.2) is 15.0 Å². The highest BCUT2D eigenvalue weighted by molar-refractivity contribution is 5.76. The molecule has 0 aliphatic carbocycles. The minimum absolute atomic E-state index is 0.171. The lowest BCUT2D eigenvalue weighted by Gasteiger charge is -2.36. The van der Waals surface area contributed by atoms with Gasteiger partial charge in [0.2, 0.25) is 0 Å². The number of aromatic nitrogens is 3. The van der Waals surface area contributed by atoms with Gasteiger partial charge in [0, 0.05) is 16.7 Å². The van der Waals surface area contributed by atoms with E-state index in [-0.39, 0.29) is 10.8 Å². The Morgan fingerprint density at radius 1 is 0.365 bits per heavy atom. The van der Waals surface area contributed by atoms with E-state index < -0.39 is 0 Å². The lowest BCUT2D eigenvalue weighted by Crippen LogP contribution is -2.23. The van der Waals surface area contributed by atoms with Crippen LogP contribution in [-0.4, -0.2) is 15.0 Å². The van der Waals surface area contributed by atoms with Crippen molar-refractivity contribution in [2.45, 2.75) is 53.9 Å². The van der Waals surface area contributed by atoms with Crippen LogP contribution in [-0.2, 0) is 0 Å². The van der Waals surface area contributed by atoms with Gasteiger partial charge in [-0.15, -0.1) is 0 Å². The standard InChI is InChI=1S/C49H47N3/c1-48(2,3)33-44(49(4,5)6)37-28-26-36(27-29-37)40-22-15-25-43(32-40)47-51-45(41-23-13-20-38(30-41)34-16-9-7-10-17-34)50-46(52-47)42-24-14-21-39(31-42)35-18-11-8-12-19-35/h7-32,44H,33H2,1-6H3. The molecule has 0 bridgehead atoms. The minimum Gasteiger partial charge on any atom is -0.208 e. The summed E-state index contributed by atoms with van der Waals surface area (Å²) in [5.41, 5.74) is 11.5. The van der Waals surface area contributed by atoms with Crippen molar-refractivity contribution in [3.63, 3.8) is 0 Å². The van der Waals surface area contributed by atoms with Gasteiger partial charge >= 0.3 is 0 Å². The highest BCUT2D eigenvalue weighted by Crippen LogP contribution is 2.43. The molecule has 258 valence electrons. The van der Waals surface area contributed by atoms with Gasteiger partial charge in [0.15, 0.2) is 17.5 Å². The summed E-state index contributed by atoms with van der Waals surface area (Å²) in [6.45, 7) is 14.1. The summed E-state index contributed by atoms with van der Waals surface area (Å²) in [7, 11) is 0. The molecule has 0 radical (unpaired) electrons. The molecule has 7 aromatic rings. The summed E-state index contributed by atoms with van der Waals surface area (Å²) in [5, 5.41) is 0. The molecular weight excluding hydrogens is 631 g/mol. The average Bonchev–Trinajstić information content (AvgIpc) is 3.17. The quantitative estimate of drug-likeness (QED) is 0.161. The third-order valence-electron chi connectivity index (χ3n) is 9.72. The van der Waals surface area contributed by atoms with Crippen LogP contribution in [0.4, 0.5) is 0 Å². The molecular formula is C49H47N3. The summed E-state index contributed by atoms with van der Waals surface area (Å²) >= 11 is 0. The zero-order chi connectivity index (χ0) is 36.3. The first-order valence-electron chi connectivity index (χ1n) is 18.3. The number of hydrogen-bond donors (Lipinski definition) is 0. The highest BCUT2D eigenvalue weighted by Gasteiger charge is 2.30. The molecule has 1 heterocycles. The largest absolute Gasteiger partial charge is 0.208 e. The Morgan fingerprint density at radius 3 is 1.04 bits per heavy atom. The molecule has 0 aliphatic heterocycles. The molecule has 6 aromatic carbocycles. The van der Waals surface area contributed by atoms with Gasteiger partial charge in [-0.3, -0.25) is 0 Å². The van der Waals surface area contributed by atoms with E-state index in [1.807, 2.05) is 12.1 Å². The van der Waals surface area contributed by atoms with E-state index in [0.717, 1.165) is 50.9 Å². The molecule has 3 nitrogen and oxygen atoms in total. The summed E-state index contributed by atoms with van der Waals surface area (Å²) < 4.78 is 0. The number of nitrogens with zero attached hydrogens (tertiary/aromatic N) is 3. The van der Waals surface area contributed by atoms with Crippen LogP contribution >= 0.6 is 0 Å². The first-order valence-corrected chi connectivity index (χ1v) is 18.3. The van der Waals surface area contributed by atoms with Crippen LogP contribution in [0.5, 0.6) is 0 Å². The molecule has 0 saturated carbocycles. The lowest BCUT2D eigenvalue weighted by atomic mass is 9.69. The predicted octanol–water partition coefficient (Wildman–Crippen LogP) is 13.4. The maximum Gasteiger partial charge on any atom is 0.164 e. The van der Waals surface area contributed by atoms with Crippen LogP contribution in [0.15, 0.2) is 158 Å². The van der Waals surface area contributed by atoms with Crippen LogP contribution in [0.25, 0.3) is 67.5 Å². The van der Waals surface area contributed by atoms with Crippen LogP contribution in [0, 0.1) is 10.8 Å². The van der Waals surface area contributed by atoms with Gasteiger partial charge in [0.1, 0.15) is 0 Å². The predicted molar refractivity (Wildman–Crippen MR) is 219 cm³/mol. The van der Waals surface area contributed by atoms with Crippen LogP contribution in [0.1, 0.15) is 59.4 Å². The van der Waals surface area contributed by atoms with Gasteiger partial charge in [-0.2, -0.15) is 0 Å². The second-order valence-electron chi connectivity index (χ2n) is 16.1. The Hall–Kier alpha value is -5.67. The smallest absolute Gasteiger partial charge is 0.164 e. The lowest BCUT2D eigenvalue weighted by molar-refractivity contribution is 0.229. The van der Waals surface area contributed by atoms with E-state index in [1.54, 1.807) is 0 Å². The third kappa shape index (κ3) is 8.11. The van der Waals surface area contributed by atoms with Gasteiger partial charge in [-0.05, 0) is 80.3 Å². The Kier molecular flexibility index (Phi) is 9.71. The summed E-state index contributed by atoms with van der Waals surface area (Å²) in [4.78, 5) is 15.3. The van der Waals surface area contributed by atoms with Crippen LogP contribution < -0.4 is 0 Å². The summed E-state index contributed by atoms with van der Waals surface area (Å²) in [6, 6.07) is 55.5. The number of hydrogen-bond acceptors (Lipinski definition) is 3. The average molecular weight is 678 g/mol. The Balaban J connectivity index is 1.30. The van der Waals surface area contributed by atoms with Crippen molar-refractivity contribution in [3.05, 3.63) is 163 Å². The van der Waals surface area contributed by atoms with Crippen molar-refractivity contribution in [2.24, 2.45) is 10.8 Å². The minimum atomic E-state index is 0.171. The molecule has 0 aliphatic rings. The van der Waals surface area contributed by atoms with Gasteiger partial charge in [0.05, 0.1) is 0 Å². The Bertz CT molecular complexity index is 2170. The van der Waals surface area contributed by atoms with E-state index in [2.05, 4.69) is 187 Å². The van der Waals surface area contributed by atoms with E-state index in [1.165, 1.54) is 11.1 Å². The number of benzene rings is 6. The van der Waals surface area contributed by atoms with Crippen LogP contribution in [0.2, 0.25) is 0 Å². The SMILES string of the molecule is CC(C)(C)CC(c1ccc(-c2cccc(-c3nc(-c4cccc(-c5ccccc5)c4)nc(-c4cccc(-c5ccccc5)c4)n3)c2)cc1)C(C)(C)C. The van der Waals surface area contributed by atoms with E-state index >= 15 is 0 Å². The van der Waals surface area contributed by atoms with Crippen molar-refractivity contribution >= 4 is 0 Å². The molecule has 1 atom stereocenters. The molecule has 1 unspecified atom stereocenters. The van der Waals surface area contributed by atoms with Gasteiger partial charge in [-0.1, -0.05) is 181 Å². The van der Waals surface area contributed by atoms with Crippen molar-refractivity contribution in [2.75, 3.05) is 0 Å². The normalized spacial score (nSPS) is 12.4. The maximum absolute atomic E-state index is 5.13. The monoisotopic (exact) mass is 677 g/mol. The van der Waals surface area contributed by atoms with E-state index in [0.29, 0.717) is 23.4 Å². The molecule has 1 aromatic heterocycles. The van der Waals surface area contributed by atoms with Gasteiger partial charge < -0.3 is 0 Å². The van der Waals surface area contributed by atoms with Crippen LogP contribution in [0.3, 0.4) is 0 Å².